The molecule has 1 aliphatic heterocycles. The number of carbonyl (C=O) groups is 1. The summed E-state index contributed by atoms with van der Waals surface area (Å²) in [6.45, 7) is 4.61. The minimum Gasteiger partial charge on any atom is -0.379 e. The number of nitrogens with zero attached hydrogens (tertiary/aromatic N) is 1. The van der Waals surface area contributed by atoms with Gasteiger partial charge >= 0.3 is 0 Å². The zero-order valence-corrected chi connectivity index (χ0v) is 11.7. The summed E-state index contributed by atoms with van der Waals surface area (Å²) in [4.78, 5) is 13.7. The fraction of sp³-hybridized carbons (Fsp3) is 0.786. The van der Waals surface area contributed by atoms with Gasteiger partial charge in [-0.05, 0) is 19.8 Å². The summed E-state index contributed by atoms with van der Waals surface area (Å²) in [6.07, 6.45) is 5.80. The minimum atomic E-state index is -0.239. The molecule has 0 aromatic heterocycles. The standard InChI is InChI=1S/C14H24NO4/c1-2-18-10-11-19-12-13-6-5-7-14(17)15(13)8-3-4-9-16/h3-4,13H,2,5-12H2,1H3/b4-3-/t13-/m1/s1. The van der Waals surface area contributed by atoms with E-state index in [-0.39, 0.29) is 18.6 Å². The SMILES string of the molecule is CCOCCOC[C@H]1CCCC(=O)N1C/C=C\C[O]. The molecule has 0 aromatic carbocycles. The van der Waals surface area contributed by atoms with Gasteiger partial charge in [0.05, 0.1) is 25.9 Å². The van der Waals surface area contributed by atoms with Crippen LogP contribution < -0.4 is 0 Å². The zero-order chi connectivity index (χ0) is 13.9. The molecule has 0 N–H and O–H groups in total. The first-order valence-electron chi connectivity index (χ1n) is 6.97. The first kappa shape index (κ1) is 16.1. The molecule has 0 aliphatic carbocycles. The molecule has 1 heterocycles. The molecular formula is C14H24NO4. The molecule has 1 rings (SSSR count). The van der Waals surface area contributed by atoms with E-state index in [1.54, 1.807) is 12.2 Å². The zero-order valence-electron chi connectivity index (χ0n) is 11.7. The second kappa shape index (κ2) is 9.95. The number of piperidine rings is 1. The number of likely N-dealkylation sites (tertiary alicyclic amines) is 1. The maximum absolute atomic E-state index is 11.9. The van der Waals surface area contributed by atoms with Gasteiger partial charge in [0.2, 0.25) is 5.91 Å². The third-order valence-corrected chi connectivity index (χ3v) is 3.14. The summed E-state index contributed by atoms with van der Waals surface area (Å²) in [5.41, 5.74) is 0. The highest BCUT2D eigenvalue weighted by atomic mass is 16.5. The predicted molar refractivity (Wildman–Crippen MR) is 71.4 cm³/mol. The lowest BCUT2D eigenvalue weighted by molar-refractivity contribution is -0.137. The quantitative estimate of drug-likeness (QED) is 0.470. The highest BCUT2D eigenvalue weighted by Gasteiger charge is 2.26. The van der Waals surface area contributed by atoms with Crippen molar-refractivity contribution in [3.8, 4) is 0 Å². The molecule has 1 fully saturated rings. The van der Waals surface area contributed by atoms with E-state index in [1.165, 1.54) is 0 Å². The third kappa shape index (κ3) is 6.18. The van der Waals surface area contributed by atoms with E-state index in [0.717, 1.165) is 12.8 Å². The van der Waals surface area contributed by atoms with E-state index in [2.05, 4.69) is 0 Å². The van der Waals surface area contributed by atoms with Crippen molar-refractivity contribution < 1.29 is 19.4 Å². The summed E-state index contributed by atoms with van der Waals surface area (Å²) in [6, 6.07) is 0.124. The van der Waals surface area contributed by atoms with Crippen LogP contribution in [0.3, 0.4) is 0 Å². The van der Waals surface area contributed by atoms with E-state index in [0.29, 0.717) is 39.4 Å². The molecule has 19 heavy (non-hydrogen) atoms. The van der Waals surface area contributed by atoms with Crippen LogP contribution in [0.4, 0.5) is 0 Å². The second-order valence-corrected chi connectivity index (χ2v) is 4.50. The topological polar surface area (TPSA) is 58.7 Å². The molecule has 5 heteroatoms. The van der Waals surface area contributed by atoms with Crippen LogP contribution >= 0.6 is 0 Å². The smallest absolute Gasteiger partial charge is 0.223 e. The lowest BCUT2D eigenvalue weighted by Gasteiger charge is -2.34. The summed E-state index contributed by atoms with van der Waals surface area (Å²) >= 11 is 0. The molecule has 0 saturated carbocycles. The average Bonchev–Trinajstić information content (AvgIpc) is 2.41. The van der Waals surface area contributed by atoms with E-state index in [9.17, 15) is 9.90 Å². The number of carbonyl (C=O) groups excluding carboxylic acids is 1. The molecule has 1 amide bonds. The lowest BCUT2D eigenvalue weighted by atomic mass is 10.0. The monoisotopic (exact) mass is 270 g/mol. The highest BCUT2D eigenvalue weighted by Crippen LogP contribution is 2.18. The van der Waals surface area contributed by atoms with Crippen molar-refractivity contribution in [1.29, 1.82) is 0 Å². The largest absolute Gasteiger partial charge is 0.379 e. The minimum absolute atomic E-state index is 0.124. The Hall–Kier alpha value is -0.910. The van der Waals surface area contributed by atoms with Crippen molar-refractivity contribution in [3.63, 3.8) is 0 Å². The van der Waals surface area contributed by atoms with Crippen LogP contribution in [0.15, 0.2) is 12.2 Å². The summed E-state index contributed by atoms with van der Waals surface area (Å²) < 4.78 is 10.8. The van der Waals surface area contributed by atoms with Crippen molar-refractivity contribution in [1.82, 2.24) is 4.90 Å². The Morgan fingerprint density at radius 2 is 2.11 bits per heavy atom. The maximum Gasteiger partial charge on any atom is 0.223 e. The highest BCUT2D eigenvalue weighted by molar-refractivity contribution is 5.77. The normalized spacial score (nSPS) is 20.4. The van der Waals surface area contributed by atoms with Crippen molar-refractivity contribution in [3.05, 3.63) is 12.2 Å². The van der Waals surface area contributed by atoms with Gasteiger partial charge in [0.15, 0.2) is 0 Å². The maximum atomic E-state index is 11.9. The molecule has 1 aliphatic rings. The Morgan fingerprint density at radius 3 is 2.84 bits per heavy atom. The predicted octanol–water partition coefficient (Wildman–Crippen LogP) is 1.41. The van der Waals surface area contributed by atoms with E-state index < -0.39 is 0 Å². The van der Waals surface area contributed by atoms with Gasteiger partial charge in [-0.3, -0.25) is 4.79 Å². The Morgan fingerprint density at radius 1 is 1.32 bits per heavy atom. The second-order valence-electron chi connectivity index (χ2n) is 4.50. The Balaban J connectivity index is 2.34. The first-order valence-corrected chi connectivity index (χ1v) is 6.97. The number of ether oxygens (including phenoxy) is 2. The Labute approximate surface area is 115 Å². The van der Waals surface area contributed by atoms with Crippen LogP contribution in [0.5, 0.6) is 0 Å². The molecule has 1 radical (unpaired) electrons. The van der Waals surface area contributed by atoms with E-state index >= 15 is 0 Å². The molecule has 109 valence electrons. The van der Waals surface area contributed by atoms with Gasteiger partial charge in [-0.25, -0.2) is 5.11 Å². The van der Waals surface area contributed by atoms with Gasteiger partial charge in [-0.1, -0.05) is 12.2 Å². The van der Waals surface area contributed by atoms with Crippen molar-refractivity contribution in [2.45, 2.75) is 32.2 Å². The summed E-state index contributed by atoms with van der Waals surface area (Å²) in [5.74, 6) is 0.153. The lowest BCUT2D eigenvalue weighted by Crippen LogP contribution is -2.46. The summed E-state index contributed by atoms with van der Waals surface area (Å²) in [7, 11) is 0. The molecule has 1 saturated heterocycles. The van der Waals surface area contributed by atoms with Gasteiger partial charge in [-0.2, -0.15) is 0 Å². The molecule has 0 aromatic rings. The van der Waals surface area contributed by atoms with Crippen LogP contribution in [0.25, 0.3) is 0 Å². The van der Waals surface area contributed by atoms with E-state index in [1.807, 2.05) is 11.8 Å². The van der Waals surface area contributed by atoms with Crippen LogP contribution in [-0.2, 0) is 19.4 Å². The van der Waals surface area contributed by atoms with Gasteiger partial charge < -0.3 is 14.4 Å². The molecular weight excluding hydrogens is 246 g/mol. The van der Waals surface area contributed by atoms with E-state index in [4.69, 9.17) is 9.47 Å². The number of rotatable bonds is 9. The van der Waals surface area contributed by atoms with Crippen LogP contribution in [-0.4, -0.2) is 56.4 Å². The Kier molecular flexibility index (Phi) is 8.45. The molecule has 0 bridgehead atoms. The van der Waals surface area contributed by atoms with Gasteiger partial charge in [0.25, 0.3) is 0 Å². The van der Waals surface area contributed by atoms with Crippen LogP contribution in [0, 0.1) is 0 Å². The number of hydrogen-bond donors (Lipinski definition) is 0. The Bertz CT molecular complexity index is 281. The van der Waals surface area contributed by atoms with Crippen LogP contribution in [0.1, 0.15) is 26.2 Å². The third-order valence-electron chi connectivity index (χ3n) is 3.14. The fourth-order valence-electron chi connectivity index (χ4n) is 2.15. The van der Waals surface area contributed by atoms with Gasteiger partial charge in [0.1, 0.15) is 6.61 Å². The fourth-order valence-corrected chi connectivity index (χ4v) is 2.15. The molecule has 0 spiro atoms. The molecule has 1 atom stereocenters. The van der Waals surface area contributed by atoms with Crippen molar-refractivity contribution in [2.24, 2.45) is 0 Å². The molecule has 0 unspecified atom stereocenters. The first-order chi connectivity index (χ1) is 9.29. The van der Waals surface area contributed by atoms with Gasteiger partial charge in [0, 0.05) is 19.6 Å². The average molecular weight is 270 g/mol. The van der Waals surface area contributed by atoms with Crippen molar-refractivity contribution >= 4 is 5.91 Å². The summed E-state index contributed by atoms with van der Waals surface area (Å²) in [5, 5.41) is 10.4. The van der Waals surface area contributed by atoms with Crippen LogP contribution in [0.2, 0.25) is 0 Å². The van der Waals surface area contributed by atoms with Crippen molar-refractivity contribution in [2.75, 3.05) is 39.6 Å². The number of hydrogen-bond acceptors (Lipinski definition) is 3. The van der Waals surface area contributed by atoms with Gasteiger partial charge in [-0.15, -0.1) is 0 Å². The number of amides is 1. The molecule has 5 nitrogen and oxygen atoms in total.